The van der Waals surface area contributed by atoms with Gasteiger partial charge in [0.15, 0.2) is 5.13 Å². The van der Waals surface area contributed by atoms with Crippen LogP contribution in [0, 0.1) is 0 Å². The molecular weight excluding hydrogens is 281 g/mol. The largest absolute Gasteiger partial charge is 0.427 e. The summed E-state index contributed by atoms with van der Waals surface area (Å²) in [5.74, 6) is -0.401. The van der Waals surface area contributed by atoms with Gasteiger partial charge in [0.05, 0.1) is 12.7 Å². The number of primary amides is 1. The van der Waals surface area contributed by atoms with Crippen LogP contribution in [0.2, 0.25) is 0 Å². The van der Waals surface area contributed by atoms with Crippen LogP contribution in [0.5, 0.6) is 0 Å². The lowest BCUT2D eigenvalue weighted by atomic mass is 10.3. The smallest absolute Gasteiger partial charge is 0.369 e. The van der Waals surface area contributed by atoms with Crippen molar-refractivity contribution in [1.29, 1.82) is 0 Å². The molecule has 9 heteroatoms. The second-order valence-electron chi connectivity index (χ2n) is 4.23. The van der Waals surface area contributed by atoms with Gasteiger partial charge in [-0.1, -0.05) is 11.3 Å². The molecule has 0 radical (unpaired) electrons. The van der Waals surface area contributed by atoms with Crippen molar-refractivity contribution in [3.63, 3.8) is 0 Å². The van der Waals surface area contributed by atoms with Crippen LogP contribution in [0.4, 0.5) is 18.3 Å². The Morgan fingerprint density at radius 3 is 2.47 bits per heavy atom. The van der Waals surface area contributed by atoms with E-state index in [0.717, 1.165) is 6.20 Å². The van der Waals surface area contributed by atoms with Gasteiger partial charge in [0.1, 0.15) is 4.88 Å². The first kappa shape index (κ1) is 14.1. The SMILES string of the molecule is NC(=O)CN1CCN(c2ncc(C(F)(F)F)s2)CC1. The molecule has 0 bridgehead atoms. The predicted molar refractivity (Wildman–Crippen MR) is 65.0 cm³/mol. The quantitative estimate of drug-likeness (QED) is 0.894. The van der Waals surface area contributed by atoms with Crippen LogP contribution < -0.4 is 10.6 Å². The van der Waals surface area contributed by atoms with Gasteiger partial charge < -0.3 is 10.6 Å². The second-order valence-corrected chi connectivity index (χ2v) is 5.24. The van der Waals surface area contributed by atoms with E-state index in [1.807, 2.05) is 4.90 Å². The number of aromatic nitrogens is 1. The third-order valence-corrected chi connectivity index (χ3v) is 3.90. The first-order valence-electron chi connectivity index (χ1n) is 5.65. The van der Waals surface area contributed by atoms with Gasteiger partial charge in [-0.05, 0) is 0 Å². The molecule has 0 aliphatic carbocycles. The van der Waals surface area contributed by atoms with Gasteiger partial charge >= 0.3 is 6.18 Å². The van der Waals surface area contributed by atoms with E-state index in [4.69, 9.17) is 5.73 Å². The first-order chi connectivity index (χ1) is 8.86. The van der Waals surface area contributed by atoms with Crippen LogP contribution in [0.15, 0.2) is 6.20 Å². The molecule has 0 aromatic carbocycles. The van der Waals surface area contributed by atoms with Crippen LogP contribution in [-0.4, -0.2) is 48.5 Å². The van der Waals surface area contributed by atoms with Crippen molar-refractivity contribution in [2.24, 2.45) is 5.73 Å². The highest BCUT2D eigenvalue weighted by Crippen LogP contribution is 2.36. The summed E-state index contributed by atoms with van der Waals surface area (Å²) in [7, 11) is 0. The van der Waals surface area contributed by atoms with E-state index in [2.05, 4.69) is 4.98 Å². The number of thiazole rings is 1. The molecule has 1 aliphatic rings. The maximum absolute atomic E-state index is 12.5. The van der Waals surface area contributed by atoms with Crippen LogP contribution in [0.25, 0.3) is 0 Å². The standard InChI is InChI=1S/C10H13F3N4OS/c11-10(12,13)7-5-15-9(19-7)17-3-1-16(2-4-17)6-8(14)18/h5H,1-4,6H2,(H2,14,18). The number of halogens is 3. The normalized spacial score (nSPS) is 17.7. The molecule has 2 N–H and O–H groups in total. The Bertz CT molecular complexity index is 454. The summed E-state index contributed by atoms with van der Waals surface area (Å²) in [5, 5.41) is 0.367. The van der Waals surface area contributed by atoms with Crippen molar-refractivity contribution in [3.05, 3.63) is 11.1 Å². The number of rotatable bonds is 3. The Morgan fingerprint density at radius 2 is 2.00 bits per heavy atom. The minimum Gasteiger partial charge on any atom is -0.369 e. The molecule has 1 aliphatic heterocycles. The Labute approximate surface area is 111 Å². The van der Waals surface area contributed by atoms with Crippen LogP contribution in [-0.2, 0) is 11.0 Å². The van der Waals surface area contributed by atoms with E-state index in [1.54, 1.807) is 4.90 Å². The maximum atomic E-state index is 12.5. The van der Waals surface area contributed by atoms with E-state index in [9.17, 15) is 18.0 Å². The molecule has 106 valence electrons. The number of hydrogen-bond donors (Lipinski definition) is 1. The molecule has 1 aromatic rings. The van der Waals surface area contributed by atoms with E-state index in [1.165, 1.54) is 0 Å². The zero-order valence-electron chi connectivity index (χ0n) is 9.98. The van der Waals surface area contributed by atoms with Crippen molar-refractivity contribution in [2.45, 2.75) is 6.18 Å². The summed E-state index contributed by atoms with van der Waals surface area (Å²) < 4.78 is 37.4. The fraction of sp³-hybridized carbons (Fsp3) is 0.600. The van der Waals surface area contributed by atoms with Gasteiger partial charge in [0.2, 0.25) is 5.91 Å². The number of hydrogen-bond acceptors (Lipinski definition) is 5. The van der Waals surface area contributed by atoms with E-state index >= 15 is 0 Å². The Hall–Kier alpha value is -1.35. The molecule has 1 amide bonds. The predicted octanol–water partition coefficient (Wildman–Crippen LogP) is 0.769. The van der Waals surface area contributed by atoms with Crippen LogP contribution in [0.1, 0.15) is 4.88 Å². The number of piperazine rings is 1. The molecule has 0 unspecified atom stereocenters. The lowest BCUT2D eigenvalue weighted by molar-refractivity contribution is -0.134. The Balaban J connectivity index is 1.94. The monoisotopic (exact) mass is 294 g/mol. The van der Waals surface area contributed by atoms with E-state index in [0.29, 0.717) is 42.6 Å². The number of nitrogens with zero attached hydrogens (tertiary/aromatic N) is 3. The molecule has 2 heterocycles. The van der Waals surface area contributed by atoms with Crippen LogP contribution in [0.3, 0.4) is 0 Å². The highest BCUT2D eigenvalue weighted by molar-refractivity contribution is 7.15. The van der Waals surface area contributed by atoms with E-state index in [-0.39, 0.29) is 6.54 Å². The fourth-order valence-electron chi connectivity index (χ4n) is 1.86. The molecular formula is C10H13F3N4OS. The van der Waals surface area contributed by atoms with Crippen LogP contribution >= 0.6 is 11.3 Å². The highest BCUT2D eigenvalue weighted by atomic mass is 32.1. The fourth-order valence-corrected chi connectivity index (χ4v) is 2.69. The summed E-state index contributed by atoms with van der Waals surface area (Å²) >= 11 is 0.641. The molecule has 2 rings (SSSR count). The topological polar surface area (TPSA) is 62.5 Å². The molecule has 0 spiro atoms. The lowest BCUT2D eigenvalue weighted by Gasteiger charge is -2.33. The summed E-state index contributed by atoms with van der Waals surface area (Å²) in [5.41, 5.74) is 5.09. The van der Waals surface area contributed by atoms with Gasteiger partial charge in [-0.3, -0.25) is 9.69 Å². The third kappa shape index (κ3) is 3.57. The average Bonchev–Trinajstić information content (AvgIpc) is 2.78. The average molecular weight is 294 g/mol. The molecule has 5 nitrogen and oxygen atoms in total. The summed E-state index contributed by atoms with van der Waals surface area (Å²) in [6.45, 7) is 2.43. The molecule has 1 saturated heterocycles. The highest BCUT2D eigenvalue weighted by Gasteiger charge is 2.34. The van der Waals surface area contributed by atoms with Gasteiger partial charge in [0, 0.05) is 26.2 Å². The second kappa shape index (κ2) is 5.33. The minimum absolute atomic E-state index is 0.180. The molecule has 1 aromatic heterocycles. The zero-order valence-corrected chi connectivity index (χ0v) is 10.8. The summed E-state index contributed by atoms with van der Waals surface area (Å²) in [6.07, 6.45) is -3.49. The van der Waals surface area contributed by atoms with Crippen molar-refractivity contribution in [3.8, 4) is 0 Å². The number of nitrogens with two attached hydrogens (primary N) is 1. The number of alkyl halides is 3. The van der Waals surface area contributed by atoms with Gasteiger partial charge in [-0.15, -0.1) is 0 Å². The van der Waals surface area contributed by atoms with Gasteiger partial charge in [0.25, 0.3) is 0 Å². The number of anilines is 1. The minimum atomic E-state index is -4.34. The summed E-state index contributed by atoms with van der Waals surface area (Å²) in [6, 6.07) is 0. The number of amides is 1. The van der Waals surface area contributed by atoms with Crippen molar-refractivity contribution >= 4 is 22.4 Å². The summed E-state index contributed by atoms with van der Waals surface area (Å²) in [4.78, 5) is 17.5. The lowest BCUT2D eigenvalue weighted by Crippen LogP contribution is -2.48. The number of carbonyl (C=O) groups is 1. The Kier molecular flexibility index (Phi) is 3.95. The molecule has 0 saturated carbocycles. The van der Waals surface area contributed by atoms with Crippen molar-refractivity contribution < 1.29 is 18.0 Å². The zero-order chi connectivity index (χ0) is 14.0. The molecule has 0 atom stereocenters. The van der Waals surface area contributed by atoms with E-state index < -0.39 is 17.0 Å². The van der Waals surface area contributed by atoms with Crippen molar-refractivity contribution in [2.75, 3.05) is 37.6 Å². The maximum Gasteiger partial charge on any atom is 0.427 e. The van der Waals surface area contributed by atoms with Crippen molar-refractivity contribution in [1.82, 2.24) is 9.88 Å². The third-order valence-electron chi connectivity index (χ3n) is 2.80. The first-order valence-corrected chi connectivity index (χ1v) is 6.46. The Morgan fingerprint density at radius 1 is 1.37 bits per heavy atom. The number of carbonyl (C=O) groups excluding carboxylic acids is 1. The molecule has 1 fully saturated rings. The molecule has 19 heavy (non-hydrogen) atoms. The van der Waals surface area contributed by atoms with Gasteiger partial charge in [-0.2, -0.15) is 13.2 Å². The van der Waals surface area contributed by atoms with Gasteiger partial charge in [-0.25, -0.2) is 4.98 Å².